The first-order valence-corrected chi connectivity index (χ1v) is 5.06. The Balaban J connectivity index is 2.84. The minimum atomic E-state index is -0.292. The molecule has 2 nitrogen and oxygen atoms in total. The summed E-state index contributed by atoms with van der Waals surface area (Å²) in [7, 11) is 0. The number of aryl methyl sites for hydroxylation is 2. The van der Waals surface area contributed by atoms with Gasteiger partial charge in [0.2, 0.25) is 0 Å². The minimum absolute atomic E-state index is 0.292. The lowest BCUT2D eigenvalue weighted by Crippen LogP contribution is -1.99. The molecule has 0 aliphatic heterocycles. The van der Waals surface area contributed by atoms with E-state index in [-0.39, 0.29) is 5.97 Å². The Morgan fingerprint density at radius 1 is 1.33 bits per heavy atom. The number of hydrogen-bond acceptors (Lipinski definition) is 2. The summed E-state index contributed by atoms with van der Waals surface area (Å²) in [6, 6.07) is 6.06. The van der Waals surface area contributed by atoms with Crippen LogP contribution in [0.15, 0.2) is 24.3 Å². The number of rotatable bonds is 3. The van der Waals surface area contributed by atoms with E-state index >= 15 is 0 Å². The zero-order valence-corrected chi connectivity index (χ0v) is 9.41. The average Bonchev–Trinajstić information content (AvgIpc) is 2.17. The fourth-order valence-corrected chi connectivity index (χ4v) is 1.43. The number of carbonyl (C=O) groups excluding carboxylic acids is 1. The number of esters is 1. The van der Waals surface area contributed by atoms with Crippen LogP contribution >= 0.6 is 0 Å². The first-order chi connectivity index (χ1) is 7.15. The number of carbonyl (C=O) groups is 1. The van der Waals surface area contributed by atoms with Crippen molar-refractivity contribution in [1.82, 2.24) is 0 Å². The Hall–Kier alpha value is -1.57. The van der Waals surface area contributed by atoms with E-state index in [0.717, 1.165) is 16.7 Å². The molecule has 0 spiro atoms. The lowest BCUT2D eigenvalue weighted by atomic mass is 10.0. The fraction of sp³-hybridized carbons (Fsp3) is 0.308. The van der Waals surface area contributed by atoms with Crippen molar-refractivity contribution in [3.63, 3.8) is 0 Å². The van der Waals surface area contributed by atoms with E-state index in [4.69, 9.17) is 4.74 Å². The van der Waals surface area contributed by atoms with Crippen molar-refractivity contribution < 1.29 is 9.53 Å². The molecule has 1 aromatic rings. The zero-order chi connectivity index (χ0) is 11.3. The second-order valence-corrected chi connectivity index (χ2v) is 3.39. The average molecular weight is 204 g/mol. The van der Waals surface area contributed by atoms with Gasteiger partial charge >= 0.3 is 5.97 Å². The van der Waals surface area contributed by atoms with E-state index in [1.165, 1.54) is 6.08 Å². The first kappa shape index (κ1) is 11.5. The van der Waals surface area contributed by atoms with Crippen molar-refractivity contribution in [2.45, 2.75) is 20.8 Å². The van der Waals surface area contributed by atoms with E-state index in [0.29, 0.717) is 6.61 Å². The van der Waals surface area contributed by atoms with Crippen molar-refractivity contribution in [1.29, 1.82) is 0 Å². The monoisotopic (exact) mass is 204 g/mol. The lowest BCUT2D eigenvalue weighted by Gasteiger charge is -2.03. The second-order valence-electron chi connectivity index (χ2n) is 3.39. The standard InChI is InChI=1S/C13H16O2/c1-4-15-13(14)9-8-12-10(2)6-5-7-11(12)3/h5-9H,4H2,1-3H3/b9-8+. The first-order valence-electron chi connectivity index (χ1n) is 5.06. The summed E-state index contributed by atoms with van der Waals surface area (Å²) in [6.45, 7) is 6.26. The third-order valence-corrected chi connectivity index (χ3v) is 2.21. The van der Waals surface area contributed by atoms with Crippen LogP contribution in [0.4, 0.5) is 0 Å². The molecule has 0 heterocycles. The molecular formula is C13H16O2. The topological polar surface area (TPSA) is 26.3 Å². The van der Waals surface area contributed by atoms with Crippen LogP contribution in [0.2, 0.25) is 0 Å². The molecule has 0 saturated heterocycles. The summed E-state index contributed by atoms with van der Waals surface area (Å²) < 4.78 is 4.82. The van der Waals surface area contributed by atoms with Gasteiger partial charge in [0.25, 0.3) is 0 Å². The van der Waals surface area contributed by atoms with Gasteiger partial charge in [0, 0.05) is 6.08 Å². The largest absolute Gasteiger partial charge is 0.463 e. The zero-order valence-electron chi connectivity index (χ0n) is 9.41. The number of ether oxygens (including phenoxy) is 1. The molecular weight excluding hydrogens is 188 g/mol. The molecule has 0 N–H and O–H groups in total. The molecule has 0 radical (unpaired) electrons. The Morgan fingerprint density at radius 2 is 1.93 bits per heavy atom. The van der Waals surface area contributed by atoms with Crippen LogP contribution in [0.1, 0.15) is 23.6 Å². The summed E-state index contributed by atoms with van der Waals surface area (Å²) in [6.07, 6.45) is 3.28. The maximum atomic E-state index is 11.1. The van der Waals surface area contributed by atoms with Gasteiger partial charge in [-0.1, -0.05) is 18.2 Å². The minimum Gasteiger partial charge on any atom is -0.463 e. The molecule has 0 atom stereocenters. The molecule has 0 amide bonds. The predicted molar refractivity (Wildman–Crippen MR) is 61.6 cm³/mol. The van der Waals surface area contributed by atoms with Gasteiger partial charge in [-0.15, -0.1) is 0 Å². The van der Waals surface area contributed by atoms with Crippen LogP contribution in [-0.4, -0.2) is 12.6 Å². The van der Waals surface area contributed by atoms with E-state index in [1.807, 2.05) is 38.1 Å². The molecule has 80 valence electrons. The van der Waals surface area contributed by atoms with Crippen LogP contribution < -0.4 is 0 Å². The predicted octanol–water partition coefficient (Wildman–Crippen LogP) is 2.88. The van der Waals surface area contributed by atoms with Crippen molar-refractivity contribution in [3.05, 3.63) is 41.0 Å². The highest BCUT2D eigenvalue weighted by Gasteiger charge is 1.99. The van der Waals surface area contributed by atoms with E-state index in [2.05, 4.69) is 0 Å². The van der Waals surface area contributed by atoms with Gasteiger partial charge < -0.3 is 4.74 Å². The van der Waals surface area contributed by atoms with E-state index in [9.17, 15) is 4.79 Å². The highest BCUT2D eigenvalue weighted by molar-refractivity contribution is 5.87. The van der Waals surface area contributed by atoms with Crippen molar-refractivity contribution in [3.8, 4) is 0 Å². The van der Waals surface area contributed by atoms with Gasteiger partial charge in [-0.05, 0) is 43.5 Å². The Labute approximate surface area is 90.6 Å². The lowest BCUT2D eigenvalue weighted by molar-refractivity contribution is -0.137. The summed E-state index contributed by atoms with van der Waals surface area (Å²) in [4.78, 5) is 11.1. The Bertz CT molecular complexity index is 358. The molecule has 2 heteroatoms. The maximum Gasteiger partial charge on any atom is 0.330 e. The fourth-order valence-electron chi connectivity index (χ4n) is 1.43. The highest BCUT2D eigenvalue weighted by Crippen LogP contribution is 2.14. The van der Waals surface area contributed by atoms with Gasteiger partial charge in [-0.25, -0.2) is 4.79 Å². The van der Waals surface area contributed by atoms with Crippen LogP contribution in [0.25, 0.3) is 6.08 Å². The van der Waals surface area contributed by atoms with Crippen LogP contribution in [0.3, 0.4) is 0 Å². The third-order valence-electron chi connectivity index (χ3n) is 2.21. The molecule has 1 aromatic carbocycles. The van der Waals surface area contributed by atoms with Gasteiger partial charge in [-0.3, -0.25) is 0 Å². The summed E-state index contributed by atoms with van der Waals surface area (Å²) in [5, 5.41) is 0. The van der Waals surface area contributed by atoms with E-state index in [1.54, 1.807) is 6.92 Å². The van der Waals surface area contributed by atoms with E-state index < -0.39 is 0 Å². The van der Waals surface area contributed by atoms with Crippen molar-refractivity contribution >= 4 is 12.0 Å². The second kappa shape index (κ2) is 5.35. The molecule has 0 unspecified atom stereocenters. The molecule has 15 heavy (non-hydrogen) atoms. The van der Waals surface area contributed by atoms with Crippen molar-refractivity contribution in [2.24, 2.45) is 0 Å². The highest BCUT2D eigenvalue weighted by atomic mass is 16.5. The Morgan fingerprint density at radius 3 is 2.47 bits per heavy atom. The molecule has 0 aliphatic rings. The molecule has 0 fully saturated rings. The summed E-state index contributed by atoms with van der Waals surface area (Å²) >= 11 is 0. The SMILES string of the molecule is CCOC(=O)/C=C/c1c(C)cccc1C. The third kappa shape index (κ3) is 3.24. The molecule has 1 rings (SSSR count). The maximum absolute atomic E-state index is 11.1. The van der Waals surface area contributed by atoms with Crippen LogP contribution in [0.5, 0.6) is 0 Å². The molecule has 0 aromatic heterocycles. The van der Waals surface area contributed by atoms with Crippen LogP contribution in [0, 0.1) is 13.8 Å². The van der Waals surface area contributed by atoms with Gasteiger partial charge in [0.15, 0.2) is 0 Å². The quantitative estimate of drug-likeness (QED) is 0.559. The van der Waals surface area contributed by atoms with Gasteiger partial charge in [-0.2, -0.15) is 0 Å². The molecule has 0 aliphatic carbocycles. The van der Waals surface area contributed by atoms with Crippen molar-refractivity contribution in [2.75, 3.05) is 6.61 Å². The smallest absolute Gasteiger partial charge is 0.330 e. The summed E-state index contributed by atoms with van der Waals surface area (Å²) in [5.74, 6) is -0.292. The van der Waals surface area contributed by atoms with Gasteiger partial charge in [0.05, 0.1) is 6.61 Å². The normalized spacial score (nSPS) is 10.6. The van der Waals surface area contributed by atoms with Gasteiger partial charge in [0.1, 0.15) is 0 Å². The Kier molecular flexibility index (Phi) is 4.10. The summed E-state index contributed by atoms with van der Waals surface area (Å²) in [5.41, 5.74) is 3.41. The number of benzene rings is 1. The molecule has 0 bridgehead atoms. The van der Waals surface area contributed by atoms with Crippen LogP contribution in [-0.2, 0) is 9.53 Å². The number of hydrogen-bond donors (Lipinski definition) is 0. The molecule has 0 saturated carbocycles.